The Morgan fingerprint density at radius 1 is 1.67 bits per heavy atom. The molecule has 0 saturated carbocycles. The molecule has 1 fully saturated rings. The molecule has 4 heteroatoms. The topological polar surface area (TPSA) is 32.3 Å². The standard InChI is InChI=1S/C8H15IN2O/c1-8(2)7(12)10-4-6-11(8)5-3-9/h3-6H2,1-2H3,(H,10,12). The Kier molecular flexibility index (Phi) is 3.34. The molecule has 0 unspecified atom stereocenters. The molecule has 1 aliphatic heterocycles. The van der Waals surface area contributed by atoms with Crippen molar-refractivity contribution in [2.75, 3.05) is 24.1 Å². The molecule has 0 aromatic carbocycles. The first kappa shape index (κ1) is 10.2. The van der Waals surface area contributed by atoms with Crippen molar-refractivity contribution in [1.29, 1.82) is 0 Å². The average molecular weight is 282 g/mol. The summed E-state index contributed by atoms with van der Waals surface area (Å²) in [5.74, 6) is 0.151. The van der Waals surface area contributed by atoms with Gasteiger partial charge in [-0.05, 0) is 13.8 Å². The number of hydrogen-bond acceptors (Lipinski definition) is 2. The first-order chi connectivity index (χ1) is 5.59. The summed E-state index contributed by atoms with van der Waals surface area (Å²) in [4.78, 5) is 13.7. The van der Waals surface area contributed by atoms with E-state index >= 15 is 0 Å². The summed E-state index contributed by atoms with van der Waals surface area (Å²) in [5, 5.41) is 2.88. The van der Waals surface area contributed by atoms with Gasteiger partial charge < -0.3 is 5.32 Å². The fourth-order valence-electron chi connectivity index (χ4n) is 1.44. The summed E-state index contributed by atoms with van der Waals surface area (Å²) in [6.07, 6.45) is 0. The van der Waals surface area contributed by atoms with E-state index in [9.17, 15) is 4.79 Å². The lowest BCUT2D eigenvalue weighted by atomic mass is 9.99. The average Bonchev–Trinajstić information content (AvgIpc) is 2.00. The van der Waals surface area contributed by atoms with E-state index in [2.05, 4.69) is 32.8 Å². The smallest absolute Gasteiger partial charge is 0.239 e. The van der Waals surface area contributed by atoms with Crippen LogP contribution in [0.4, 0.5) is 0 Å². The minimum atomic E-state index is -0.316. The van der Waals surface area contributed by atoms with Gasteiger partial charge in [-0.3, -0.25) is 9.69 Å². The van der Waals surface area contributed by atoms with Crippen LogP contribution in [0.5, 0.6) is 0 Å². The molecule has 1 aliphatic rings. The number of nitrogens with one attached hydrogen (secondary N) is 1. The lowest BCUT2D eigenvalue weighted by molar-refractivity contribution is -0.134. The molecule has 1 amide bonds. The lowest BCUT2D eigenvalue weighted by Gasteiger charge is -2.40. The molecule has 0 aliphatic carbocycles. The highest BCUT2D eigenvalue weighted by atomic mass is 127. The molecular weight excluding hydrogens is 267 g/mol. The Hall–Kier alpha value is 0.160. The number of piperazine rings is 1. The van der Waals surface area contributed by atoms with Crippen LogP contribution in [0.15, 0.2) is 0 Å². The maximum Gasteiger partial charge on any atom is 0.239 e. The third-order valence-corrected chi connectivity index (χ3v) is 2.85. The Morgan fingerprint density at radius 2 is 2.33 bits per heavy atom. The molecule has 0 aromatic rings. The Labute approximate surface area is 87.0 Å². The van der Waals surface area contributed by atoms with Gasteiger partial charge >= 0.3 is 0 Å². The molecule has 1 N–H and O–H groups in total. The number of alkyl halides is 1. The fourth-order valence-corrected chi connectivity index (χ4v) is 2.02. The van der Waals surface area contributed by atoms with Crippen molar-refractivity contribution in [1.82, 2.24) is 10.2 Å². The van der Waals surface area contributed by atoms with E-state index in [0.717, 1.165) is 24.1 Å². The van der Waals surface area contributed by atoms with Gasteiger partial charge in [-0.1, -0.05) is 22.6 Å². The molecule has 0 aromatic heterocycles. The Morgan fingerprint density at radius 3 is 2.92 bits per heavy atom. The summed E-state index contributed by atoms with van der Waals surface area (Å²) in [7, 11) is 0. The highest BCUT2D eigenvalue weighted by Gasteiger charge is 2.36. The van der Waals surface area contributed by atoms with Crippen LogP contribution < -0.4 is 5.32 Å². The van der Waals surface area contributed by atoms with Crippen LogP contribution in [0.3, 0.4) is 0 Å². The van der Waals surface area contributed by atoms with Crippen LogP contribution in [0.1, 0.15) is 13.8 Å². The van der Waals surface area contributed by atoms with Crippen LogP contribution in [0, 0.1) is 0 Å². The largest absolute Gasteiger partial charge is 0.353 e. The van der Waals surface area contributed by atoms with Gasteiger partial charge in [0.05, 0.1) is 5.54 Å². The molecular formula is C8H15IN2O. The maximum atomic E-state index is 11.4. The van der Waals surface area contributed by atoms with Crippen LogP contribution in [-0.2, 0) is 4.79 Å². The quantitative estimate of drug-likeness (QED) is 0.595. The minimum Gasteiger partial charge on any atom is -0.353 e. The van der Waals surface area contributed by atoms with Gasteiger partial charge in [-0.25, -0.2) is 0 Å². The summed E-state index contributed by atoms with van der Waals surface area (Å²) >= 11 is 2.34. The van der Waals surface area contributed by atoms with Gasteiger partial charge in [0.25, 0.3) is 0 Å². The van der Waals surface area contributed by atoms with Gasteiger partial charge in [-0.2, -0.15) is 0 Å². The summed E-state index contributed by atoms with van der Waals surface area (Å²) in [5.41, 5.74) is -0.316. The molecule has 0 spiro atoms. The second kappa shape index (κ2) is 3.91. The number of halogens is 1. The number of nitrogens with zero attached hydrogens (tertiary/aromatic N) is 1. The number of hydrogen-bond donors (Lipinski definition) is 1. The van der Waals surface area contributed by atoms with E-state index in [1.54, 1.807) is 0 Å². The predicted octanol–water partition coefficient (Wildman–Crippen LogP) is 0.632. The third-order valence-electron chi connectivity index (χ3n) is 2.37. The van der Waals surface area contributed by atoms with Crippen LogP contribution in [0.2, 0.25) is 0 Å². The monoisotopic (exact) mass is 282 g/mol. The van der Waals surface area contributed by atoms with Crippen molar-refractivity contribution < 1.29 is 4.79 Å². The fraction of sp³-hybridized carbons (Fsp3) is 0.875. The Balaban J connectivity index is 2.65. The molecule has 12 heavy (non-hydrogen) atoms. The molecule has 0 bridgehead atoms. The molecule has 70 valence electrons. The van der Waals surface area contributed by atoms with Gasteiger partial charge in [0.1, 0.15) is 0 Å². The summed E-state index contributed by atoms with van der Waals surface area (Å²) in [6.45, 7) is 6.73. The number of carbonyl (C=O) groups is 1. The van der Waals surface area contributed by atoms with Crippen molar-refractivity contribution in [3.8, 4) is 0 Å². The summed E-state index contributed by atoms with van der Waals surface area (Å²) in [6, 6.07) is 0. The number of carbonyl (C=O) groups excluding carboxylic acids is 1. The minimum absolute atomic E-state index is 0.151. The number of amides is 1. The zero-order valence-corrected chi connectivity index (χ0v) is 9.72. The lowest BCUT2D eigenvalue weighted by Crippen LogP contribution is -2.62. The first-order valence-electron chi connectivity index (χ1n) is 4.18. The van der Waals surface area contributed by atoms with Crippen LogP contribution >= 0.6 is 22.6 Å². The number of rotatable bonds is 2. The van der Waals surface area contributed by atoms with Crippen molar-refractivity contribution in [2.24, 2.45) is 0 Å². The molecule has 1 saturated heterocycles. The zero-order valence-electron chi connectivity index (χ0n) is 7.56. The second-order valence-electron chi connectivity index (χ2n) is 3.49. The normalized spacial score (nSPS) is 23.8. The molecule has 0 atom stereocenters. The highest BCUT2D eigenvalue weighted by Crippen LogP contribution is 2.17. The first-order valence-corrected chi connectivity index (χ1v) is 5.71. The SMILES string of the molecule is CC1(C)C(=O)NCCN1CCI. The van der Waals surface area contributed by atoms with Crippen LogP contribution in [0.25, 0.3) is 0 Å². The Bertz CT molecular complexity index is 180. The van der Waals surface area contributed by atoms with Crippen molar-refractivity contribution in [2.45, 2.75) is 19.4 Å². The van der Waals surface area contributed by atoms with Gasteiger partial charge in [-0.15, -0.1) is 0 Å². The third kappa shape index (κ3) is 1.90. The van der Waals surface area contributed by atoms with Crippen molar-refractivity contribution in [3.05, 3.63) is 0 Å². The maximum absolute atomic E-state index is 11.4. The van der Waals surface area contributed by atoms with Crippen molar-refractivity contribution >= 4 is 28.5 Å². The zero-order chi connectivity index (χ0) is 9.19. The van der Waals surface area contributed by atoms with E-state index in [1.165, 1.54) is 0 Å². The van der Waals surface area contributed by atoms with Gasteiger partial charge in [0.15, 0.2) is 0 Å². The molecule has 3 nitrogen and oxygen atoms in total. The van der Waals surface area contributed by atoms with E-state index in [4.69, 9.17) is 0 Å². The highest BCUT2D eigenvalue weighted by molar-refractivity contribution is 14.1. The summed E-state index contributed by atoms with van der Waals surface area (Å²) < 4.78 is 1.08. The van der Waals surface area contributed by atoms with Crippen molar-refractivity contribution in [3.63, 3.8) is 0 Å². The molecule has 0 radical (unpaired) electrons. The van der Waals surface area contributed by atoms with Gasteiger partial charge in [0, 0.05) is 24.1 Å². The second-order valence-corrected chi connectivity index (χ2v) is 4.57. The van der Waals surface area contributed by atoms with E-state index in [-0.39, 0.29) is 11.4 Å². The van der Waals surface area contributed by atoms with E-state index in [1.807, 2.05) is 13.8 Å². The van der Waals surface area contributed by atoms with E-state index in [0.29, 0.717) is 0 Å². The van der Waals surface area contributed by atoms with Crippen LogP contribution in [-0.4, -0.2) is 40.4 Å². The molecule has 1 rings (SSSR count). The molecule has 1 heterocycles. The van der Waals surface area contributed by atoms with E-state index < -0.39 is 0 Å². The van der Waals surface area contributed by atoms with Gasteiger partial charge in [0.2, 0.25) is 5.91 Å². The predicted molar refractivity (Wildman–Crippen MR) is 57.5 cm³/mol.